The molecule has 3 N–H and O–H groups in total. The molecule has 0 spiro atoms. The van der Waals surface area contributed by atoms with Crippen molar-refractivity contribution in [3.05, 3.63) is 23.0 Å². The second-order valence-corrected chi connectivity index (χ2v) is 6.45. The zero-order valence-corrected chi connectivity index (χ0v) is 14.1. The maximum absolute atomic E-state index is 5.83. The summed E-state index contributed by atoms with van der Waals surface area (Å²) in [5.74, 6) is 0.764. The summed E-state index contributed by atoms with van der Waals surface area (Å²) in [5.41, 5.74) is 9.61. The van der Waals surface area contributed by atoms with Gasteiger partial charge in [0.25, 0.3) is 0 Å². The molecule has 0 bridgehead atoms. The first-order valence-corrected chi connectivity index (χ1v) is 7.76. The van der Waals surface area contributed by atoms with E-state index in [1.54, 1.807) is 0 Å². The van der Waals surface area contributed by atoms with Crippen LogP contribution in [0.1, 0.15) is 57.0 Å². The van der Waals surface area contributed by atoms with Gasteiger partial charge in [-0.1, -0.05) is 38.9 Å². The number of hydrogen-bond acceptors (Lipinski definition) is 3. The summed E-state index contributed by atoms with van der Waals surface area (Å²) >= 11 is 5.15. The van der Waals surface area contributed by atoms with E-state index in [0.29, 0.717) is 11.0 Å². The fourth-order valence-electron chi connectivity index (χ4n) is 2.42. The summed E-state index contributed by atoms with van der Waals surface area (Å²) in [4.78, 5) is 4.85. The number of aryl methyl sites for hydroxylation is 2. The van der Waals surface area contributed by atoms with E-state index in [1.807, 2.05) is 19.9 Å². The average molecular weight is 293 g/mol. The van der Waals surface area contributed by atoms with Gasteiger partial charge in [0.1, 0.15) is 4.99 Å². The molecule has 3 nitrogen and oxygen atoms in total. The van der Waals surface area contributed by atoms with E-state index in [1.165, 1.54) is 12.8 Å². The van der Waals surface area contributed by atoms with Gasteiger partial charge in [-0.15, -0.1) is 0 Å². The number of hydrogen-bond donors (Lipinski definition) is 2. The third kappa shape index (κ3) is 5.08. The molecule has 1 aromatic rings. The fourth-order valence-corrected chi connectivity index (χ4v) is 2.68. The van der Waals surface area contributed by atoms with Crippen molar-refractivity contribution in [2.24, 2.45) is 11.7 Å². The van der Waals surface area contributed by atoms with Gasteiger partial charge in [0.15, 0.2) is 0 Å². The molecule has 0 saturated carbocycles. The molecule has 20 heavy (non-hydrogen) atoms. The summed E-state index contributed by atoms with van der Waals surface area (Å²) < 4.78 is 0. The average Bonchev–Trinajstić information content (AvgIpc) is 2.26. The van der Waals surface area contributed by atoms with Crippen LogP contribution >= 0.6 is 12.2 Å². The van der Waals surface area contributed by atoms with Crippen molar-refractivity contribution in [2.45, 2.75) is 59.9 Å². The minimum Gasteiger partial charge on any atom is -0.389 e. The van der Waals surface area contributed by atoms with Gasteiger partial charge in [0.2, 0.25) is 0 Å². The summed E-state index contributed by atoms with van der Waals surface area (Å²) in [6.07, 6.45) is 3.65. The highest BCUT2D eigenvalue weighted by atomic mass is 32.1. The molecule has 1 atom stereocenters. The smallest absolute Gasteiger partial charge is 0.107 e. The maximum atomic E-state index is 5.83. The number of thiocarbonyl (C=S) groups is 1. The Labute approximate surface area is 128 Å². The second kappa shape index (κ2) is 7.58. The molecule has 0 radical (unpaired) electrons. The fraction of sp³-hybridized carbons (Fsp3) is 0.625. The number of pyridine rings is 1. The van der Waals surface area contributed by atoms with Crippen molar-refractivity contribution in [2.75, 3.05) is 5.32 Å². The molecule has 112 valence electrons. The highest BCUT2D eigenvalue weighted by Gasteiger charge is 2.13. The molecule has 4 heteroatoms. The van der Waals surface area contributed by atoms with Crippen LogP contribution in [-0.2, 0) is 0 Å². The lowest BCUT2D eigenvalue weighted by Gasteiger charge is -2.19. The van der Waals surface area contributed by atoms with E-state index >= 15 is 0 Å². The Balaban J connectivity index is 2.78. The highest BCUT2D eigenvalue weighted by Crippen LogP contribution is 2.22. The number of anilines is 1. The van der Waals surface area contributed by atoms with Crippen molar-refractivity contribution in [1.29, 1.82) is 0 Å². The largest absolute Gasteiger partial charge is 0.389 e. The molecule has 0 saturated heterocycles. The summed E-state index contributed by atoms with van der Waals surface area (Å²) in [7, 11) is 0. The SMILES string of the molecule is Cc1cc(NC(C)CCCC(C)C)c(C(N)=S)c(C)n1. The van der Waals surface area contributed by atoms with Crippen LogP contribution in [0, 0.1) is 19.8 Å². The minimum atomic E-state index is 0.406. The van der Waals surface area contributed by atoms with Crippen molar-refractivity contribution in [1.82, 2.24) is 4.98 Å². The number of rotatable bonds is 7. The Bertz CT molecular complexity index is 469. The van der Waals surface area contributed by atoms with Crippen LogP contribution < -0.4 is 11.1 Å². The van der Waals surface area contributed by atoms with Crippen LogP contribution in [0.3, 0.4) is 0 Å². The van der Waals surface area contributed by atoms with Gasteiger partial charge < -0.3 is 11.1 Å². The van der Waals surface area contributed by atoms with Crippen LogP contribution in [0.15, 0.2) is 6.07 Å². The minimum absolute atomic E-state index is 0.406. The molecule has 0 aliphatic rings. The van der Waals surface area contributed by atoms with Crippen molar-refractivity contribution >= 4 is 22.9 Å². The van der Waals surface area contributed by atoms with Crippen LogP contribution in [0.5, 0.6) is 0 Å². The Morgan fingerprint density at radius 1 is 1.30 bits per heavy atom. The van der Waals surface area contributed by atoms with Gasteiger partial charge in [0.05, 0.1) is 5.56 Å². The van der Waals surface area contributed by atoms with Gasteiger partial charge >= 0.3 is 0 Å². The van der Waals surface area contributed by atoms with Gasteiger partial charge in [-0.25, -0.2) is 0 Å². The number of nitrogens with two attached hydrogens (primary N) is 1. The van der Waals surface area contributed by atoms with E-state index in [4.69, 9.17) is 18.0 Å². The van der Waals surface area contributed by atoms with Gasteiger partial charge in [0, 0.05) is 23.1 Å². The lowest BCUT2D eigenvalue weighted by Crippen LogP contribution is -2.21. The topological polar surface area (TPSA) is 50.9 Å². The summed E-state index contributed by atoms with van der Waals surface area (Å²) in [5, 5.41) is 3.54. The van der Waals surface area contributed by atoms with Gasteiger partial charge in [-0.2, -0.15) is 0 Å². The lowest BCUT2D eigenvalue weighted by atomic mass is 10.0. The zero-order chi connectivity index (χ0) is 15.3. The first-order chi connectivity index (χ1) is 9.31. The third-order valence-electron chi connectivity index (χ3n) is 3.40. The van der Waals surface area contributed by atoms with Crippen molar-refractivity contribution in [3.8, 4) is 0 Å². The molecule has 0 aliphatic heterocycles. The molecular formula is C16H27N3S. The van der Waals surface area contributed by atoms with Crippen LogP contribution in [0.4, 0.5) is 5.69 Å². The third-order valence-corrected chi connectivity index (χ3v) is 3.60. The van der Waals surface area contributed by atoms with Crippen LogP contribution in [0.2, 0.25) is 0 Å². The molecular weight excluding hydrogens is 266 g/mol. The second-order valence-electron chi connectivity index (χ2n) is 6.01. The standard InChI is InChI=1S/C16H27N3S/c1-10(2)7-6-8-11(3)19-14-9-12(4)18-13(5)15(14)16(17)20/h9-11H,6-8H2,1-5H3,(H2,17,20)(H,18,19). The Morgan fingerprint density at radius 2 is 1.95 bits per heavy atom. The summed E-state index contributed by atoms with van der Waals surface area (Å²) in [6.45, 7) is 10.7. The number of aromatic nitrogens is 1. The van der Waals surface area contributed by atoms with E-state index in [2.05, 4.69) is 31.1 Å². The quantitative estimate of drug-likeness (QED) is 0.747. The lowest BCUT2D eigenvalue weighted by molar-refractivity contribution is 0.520. The molecule has 1 rings (SSSR count). The predicted octanol–water partition coefficient (Wildman–Crippen LogP) is 3.96. The number of nitrogens with one attached hydrogen (secondary N) is 1. The Kier molecular flexibility index (Phi) is 6.40. The number of nitrogens with zero attached hydrogens (tertiary/aromatic N) is 1. The van der Waals surface area contributed by atoms with E-state index in [0.717, 1.165) is 35.0 Å². The molecule has 0 fully saturated rings. The van der Waals surface area contributed by atoms with E-state index < -0.39 is 0 Å². The molecule has 1 heterocycles. The normalized spacial score (nSPS) is 12.5. The highest BCUT2D eigenvalue weighted by molar-refractivity contribution is 7.80. The molecule has 0 aromatic carbocycles. The first kappa shape index (κ1) is 16.9. The van der Waals surface area contributed by atoms with Crippen molar-refractivity contribution < 1.29 is 0 Å². The van der Waals surface area contributed by atoms with Crippen LogP contribution in [-0.4, -0.2) is 16.0 Å². The van der Waals surface area contributed by atoms with Gasteiger partial charge in [-0.3, -0.25) is 4.98 Å². The van der Waals surface area contributed by atoms with Gasteiger partial charge in [-0.05, 0) is 39.2 Å². The van der Waals surface area contributed by atoms with Crippen molar-refractivity contribution in [3.63, 3.8) is 0 Å². The van der Waals surface area contributed by atoms with E-state index in [9.17, 15) is 0 Å². The maximum Gasteiger partial charge on any atom is 0.107 e. The molecule has 1 unspecified atom stereocenters. The first-order valence-electron chi connectivity index (χ1n) is 7.35. The molecule has 1 aromatic heterocycles. The molecule has 0 amide bonds. The molecule has 0 aliphatic carbocycles. The Morgan fingerprint density at radius 3 is 2.50 bits per heavy atom. The summed E-state index contributed by atoms with van der Waals surface area (Å²) in [6, 6.07) is 2.43. The Hall–Kier alpha value is -1.16. The van der Waals surface area contributed by atoms with E-state index in [-0.39, 0.29) is 0 Å². The predicted molar refractivity (Wildman–Crippen MR) is 91.4 cm³/mol. The zero-order valence-electron chi connectivity index (χ0n) is 13.3. The van der Waals surface area contributed by atoms with Crippen LogP contribution in [0.25, 0.3) is 0 Å². The monoisotopic (exact) mass is 293 g/mol.